The molecule has 1 N–H and O–H groups in total. The Morgan fingerprint density at radius 1 is 1.32 bits per heavy atom. The Morgan fingerprint density at radius 2 is 2.14 bits per heavy atom. The van der Waals surface area contributed by atoms with Gasteiger partial charge in [-0.25, -0.2) is 9.97 Å². The zero-order valence-corrected chi connectivity index (χ0v) is 17.5. The lowest BCUT2D eigenvalue weighted by Crippen LogP contribution is -2.48. The van der Waals surface area contributed by atoms with Crippen molar-refractivity contribution in [1.29, 1.82) is 0 Å². The Labute approximate surface area is 168 Å². The molecule has 0 saturated carbocycles. The molecule has 1 aliphatic rings. The molecule has 0 spiro atoms. The quantitative estimate of drug-likeness (QED) is 0.614. The Morgan fingerprint density at radius 3 is 2.75 bits per heavy atom. The molecule has 2 unspecified atom stereocenters. The summed E-state index contributed by atoms with van der Waals surface area (Å²) in [6, 6.07) is 4.67. The summed E-state index contributed by atoms with van der Waals surface area (Å²) in [5.41, 5.74) is 1.16. The van der Waals surface area contributed by atoms with Gasteiger partial charge in [-0.1, -0.05) is 13.0 Å². The van der Waals surface area contributed by atoms with Crippen molar-refractivity contribution in [2.45, 2.75) is 39.8 Å². The van der Waals surface area contributed by atoms with Gasteiger partial charge in [0.1, 0.15) is 5.82 Å². The summed E-state index contributed by atoms with van der Waals surface area (Å²) in [7, 11) is 1.86. The van der Waals surface area contributed by atoms with Crippen molar-refractivity contribution in [1.82, 2.24) is 24.8 Å². The van der Waals surface area contributed by atoms with Gasteiger partial charge in [0.2, 0.25) is 0 Å². The molecule has 1 aliphatic heterocycles. The van der Waals surface area contributed by atoms with Gasteiger partial charge in [0.25, 0.3) is 0 Å². The fourth-order valence-corrected chi connectivity index (χ4v) is 3.86. The Balaban J connectivity index is 1.60. The van der Waals surface area contributed by atoms with Crippen LogP contribution in [-0.2, 0) is 6.54 Å². The highest BCUT2D eigenvalue weighted by atomic mass is 15.3. The van der Waals surface area contributed by atoms with Crippen molar-refractivity contribution in [2.75, 3.05) is 38.1 Å². The normalized spacial score (nSPS) is 20.3. The summed E-state index contributed by atoms with van der Waals surface area (Å²) in [6.07, 6.45) is 8.94. The van der Waals surface area contributed by atoms with Gasteiger partial charge in [0.05, 0.1) is 12.4 Å². The van der Waals surface area contributed by atoms with Crippen LogP contribution in [0.3, 0.4) is 0 Å². The first-order valence-corrected chi connectivity index (χ1v) is 10.3. The van der Waals surface area contributed by atoms with E-state index in [0.717, 1.165) is 56.5 Å². The number of guanidine groups is 1. The maximum absolute atomic E-state index is 4.61. The molecule has 0 aromatic carbocycles. The molecule has 7 nitrogen and oxygen atoms in total. The molecule has 3 heterocycles. The molecule has 1 fully saturated rings. The zero-order valence-electron chi connectivity index (χ0n) is 17.5. The molecule has 3 rings (SSSR count). The molecule has 2 atom stereocenters. The number of hydrogen-bond donors (Lipinski definition) is 1. The number of aromatic nitrogens is 3. The van der Waals surface area contributed by atoms with Crippen LogP contribution in [0.4, 0.5) is 5.82 Å². The SMILES string of the molecule is CCN(CC)c1ccc(CNC(=NC)N2CCC(C)C(n3ccnc3)C2)cn1. The minimum Gasteiger partial charge on any atom is -0.357 e. The maximum Gasteiger partial charge on any atom is 0.193 e. The van der Waals surface area contributed by atoms with Crippen molar-refractivity contribution in [3.63, 3.8) is 0 Å². The molecule has 0 radical (unpaired) electrons. The van der Waals surface area contributed by atoms with Gasteiger partial charge in [-0.05, 0) is 37.8 Å². The van der Waals surface area contributed by atoms with Crippen LogP contribution in [0.1, 0.15) is 38.8 Å². The first-order valence-electron chi connectivity index (χ1n) is 10.3. The first kappa shape index (κ1) is 20.2. The zero-order chi connectivity index (χ0) is 19.9. The van der Waals surface area contributed by atoms with Crippen LogP contribution in [-0.4, -0.2) is 58.6 Å². The van der Waals surface area contributed by atoms with Crippen molar-refractivity contribution < 1.29 is 0 Å². The van der Waals surface area contributed by atoms with E-state index < -0.39 is 0 Å². The molecule has 2 aromatic rings. The Kier molecular flexibility index (Phi) is 6.90. The highest BCUT2D eigenvalue weighted by Crippen LogP contribution is 2.27. The van der Waals surface area contributed by atoms with E-state index in [1.165, 1.54) is 0 Å². The summed E-state index contributed by atoms with van der Waals surface area (Å²) in [6.45, 7) is 11.3. The molecular weight excluding hydrogens is 350 g/mol. The second-order valence-electron chi connectivity index (χ2n) is 7.39. The standard InChI is InChI=1S/C21H33N7/c1-5-26(6-2)20-8-7-18(13-24-20)14-25-21(22-4)27-11-9-17(3)19(15-27)28-12-10-23-16-28/h7-8,10,12-13,16-17,19H,5-6,9,11,14-15H2,1-4H3,(H,22,25). The lowest BCUT2D eigenvalue weighted by molar-refractivity contribution is 0.189. The summed E-state index contributed by atoms with van der Waals surface area (Å²) in [4.78, 5) is 18.0. The summed E-state index contributed by atoms with van der Waals surface area (Å²) in [5, 5.41) is 3.51. The minimum absolute atomic E-state index is 0.421. The van der Waals surface area contributed by atoms with Crippen LogP contribution in [0.2, 0.25) is 0 Å². The molecule has 0 amide bonds. The number of aliphatic imine (C=N–C) groups is 1. The topological polar surface area (TPSA) is 61.6 Å². The predicted molar refractivity (Wildman–Crippen MR) is 115 cm³/mol. The number of nitrogens with one attached hydrogen (secondary N) is 1. The van der Waals surface area contributed by atoms with E-state index in [-0.39, 0.29) is 0 Å². The first-order chi connectivity index (χ1) is 13.7. The van der Waals surface area contributed by atoms with Gasteiger partial charge in [0.15, 0.2) is 5.96 Å². The summed E-state index contributed by atoms with van der Waals surface area (Å²) >= 11 is 0. The number of anilines is 1. The van der Waals surface area contributed by atoms with Crippen LogP contribution in [0, 0.1) is 5.92 Å². The molecule has 152 valence electrons. The van der Waals surface area contributed by atoms with E-state index in [2.05, 4.69) is 73.7 Å². The van der Waals surface area contributed by atoms with Crippen molar-refractivity contribution >= 4 is 11.8 Å². The van der Waals surface area contributed by atoms with Gasteiger partial charge in [-0.15, -0.1) is 0 Å². The van der Waals surface area contributed by atoms with Gasteiger partial charge < -0.3 is 19.7 Å². The lowest BCUT2D eigenvalue weighted by atomic mass is 9.93. The van der Waals surface area contributed by atoms with E-state index in [4.69, 9.17) is 0 Å². The summed E-state index contributed by atoms with van der Waals surface area (Å²) in [5.74, 6) is 2.61. The predicted octanol–water partition coefficient (Wildman–Crippen LogP) is 2.78. The number of likely N-dealkylation sites (tertiary alicyclic amines) is 1. The Hall–Kier alpha value is -2.57. The van der Waals surface area contributed by atoms with Gasteiger partial charge in [0, 0.05) is 58.4 Å². The third-order valence-corrected chi connectivity index (χ3v) is 5.68. The Bertz CT molecular complexity index is 735. The van der Waals surface area contributed by atoms with Crippen LogP contribution >= 0.6 is 0 Å². The molecule has 2 aromatic heterocycles. The number of hydrogen-bond acceptors (Lipinski definition) is 4. The van der Waals surface area contributed by atoms with E-state index in [1.54, 1.807) is 0 Å². The molecule has 7 heteroatoms. The molecule has 0 aliphatic carbocycles. The number of piperidine rings is 1. The molecular formula is C21H33N7. The molecule has 1 saturated heterocycles. The van der Waals surface area contributed by atoms with Crippen LogP contribution in [0.5, 0.6) is 0 Å². The fraction of sp³-hybridized carbons (Fsp3) is 0.571. The highest BCUT2D eigenvalue weighted by molar-refractivity contribution is 5.80. The smallest absolute Gasteiger partial charge is 0.193 e. The van der Waals surface area contributed by atoms with Crippen LogP contribution < -0.4 is 10.2 Å². The highest BCUT2D eigenvalue weighted by Gasteiger charge is 2.28. The van der Waals surface area contributed by atoms with E-state index in [0.29, 0.717) is 12.0 Å². The van der Waals surface area contributed by atoms with E-state index in [9.17, 15) is 0 Å². The number of pyridine rings is 1. The largest absolute Gasteiger partial charge is 0.357 e. The number of rotatable bonds is 6. The maximum atomic E-state index is 4.61. The second-order valence-corrected chi connectivity index (χ2v) is 7.39. The third kappa shape index (κ3) is 4.64. The van der Waals surface area contributed by atoms with Crippen molar-refractivity contribution in [3.05, 3.63) is 42.6 Å². The summed E-state index contributed by atoms with van der Waals surface area (Å²) < 4.78 is 2.22. The molecule has 0 bridgehead atoms. The van der Waals surface area contributed by atoms with E-state index in [1.807, 2.05) is 25.8 Å². The average molecular weight is 384 g/mol. The van der Waals surface area contributed by atoms with Gasteiger partial charge in [-0.2, -0.15) is 0 Å². The lowest BCUT2D eigenvalue weighted by Gasteiger charge is -2.39. The number of imidazole rings is 1. The average Bonchev–Trinajstić information content (AvgIpc) is 3.26. The van der Waals surface area contributed by atoms with Crippen LogP contribution in [0.25, 0.3) is 0 Å². The third-order valence-electron chi connectivity index (χ3n) is 5.68. The monoisotopic (exact) mass is 383 g/mol. The second kappa shape index (κ2) is 9.57. The van der Waals surface area contributed by atoms with Crippen LogP contribution in [0.15, 0.2) is 42.0 Å². The number of nitrogens with zero attached hydrogens (tertiary/aromatic N) is 6. The van der Waals surface area contributed by atoms with E-state index >= 15 is 0 Å². The molecule has 28 heavy (non-hydrogen) atoms. The minimum atomic E-state index is 0.421. The van der Waals surface area contributed by atoms with Gasteiger partial charge in [-0.3, -0.25) is 4.99 Å². The van der Waals surface area contributed by atoms with Crippen molar-refractivity contribution in [2.24, 2.45) is 10.9 Å². The van der Waals surface area contributed by atoms with Gasteiger partial charge >= 0.3 is 0 Å². The van der Waals surface area contributed by atoms with Crippen molar-refractivity contribution in [3.8, 4) is 0 Å². The fourth-order valence-electron chi connectivity index (χ4n) is 3.86.